The Bertz CT molecular complexity index is 462. The number of hydrogen-bond acceptors (Lipinski definition) is 3. The fraction of sp³-hybridized carbons (Fsp3) is 0.500. The van der Waals surface area contributed by atoms with Gasteiger partial charge < -0.3 is 15.0 Å². The summed E-state index contributed by atoms with van der Waals surface area (Å²) in [5, 5.41) is 4.13. The standard InChI is InChI=1S/C14H18Cl2N2O2/c1-17-7-10-2-3-18(8-10)14(19)9-20-13-5-11(15)4-12(16)6-13/h4-6,10,17H,2-3,7-9H2,1H3/t10-/m1/s1. The Morgan fingerprint density at radius 2 is 2.10 bits per heavy atom. The van der Waals surface area contributed by atoms with Crippen molar-refractivity contribution >= 4 is 29.1 Å². The maximum Gasteiger partial charge on any atom is 0.260 e. The number of benzene rings is 1. The summed E-state index contributed by atoms with van der Waals surface area (Å²) in [6.07, 6.45) is 1.04. The molecule has 4 nitrogen and oxygen atoms in total. The van der Waals surface area contributed by atoms with Gasteiger partial charge in [0.25, 0.3) is 5.91 Å². The maximum absolute atomic E-state index is 12.1. The van der Waals surface area contributed by atoms with E-state index in [0.29, 0.717) is 21.7 Å². The van der Waals surface area contributed by atoms with Crippen LogP contribution in [0.1, 0.15) is 6.42 Å². The summed E-state index contributed by atoms with van der Waals surface area (Å²) in [6.45, 7) is 2.54. The van der Waals surface area contributed by atoms with Crippen LogP contribution in [0.4, 0.5) is 0 Å². The summed E-state index contributed by atoms with van der Waals surface area (Å²) < 4.78 is 5.46. The number of carbonyl (C=O) groups is 1. The van der Waals surface area contributed by atoms with Crippen molar-refractivity contribution in [3.63, 3.8) is 0 Å². The second-order valence-electron chi connectivity index (χ2n) is 4.95. The lowest BCUT2D eigenvalue weighted by Gasteiger charge is -2.17. The SMILES string of the molecule is CNC[C@H]1CCN(C(=O)COc2cc(Cl)cc(Cl)c2)C1. The van der Waals surface area contributed by atoms with E-state index in [2.05, 4.69) is 5.32 Å². The highest BCUT2D eigenvalue weighted by Gasteiger charge is 2.25. The summed E-state index contributed by atoms with van der Waals surface area (Å²) >= 11 is 11.8. The van der Waals surface area contributed by atoms with Crippen LogP contribution in [0.15, 0.2) is 18.2 Å². The molecule has 1 N–H and O–H groups in total. The first kappa shape index (κ1) is 15.4. The molecular weight excluding hydrogens is 299 g/mol. The molecule has 20 heavy (non-hydrogen) atoms. The molecular formula is C14H18Cl2N2O2. The van der Waals surface area contributed by atoms with Crippen LogP contribution in [-0.2, 0) is 4.79 Å². The van der Waals surface area contributed by atoms with E-state index in [0.717, 1.165) is 26.1 Å². The number of hydrogen-bond donors (Lipinski definition) is 1. The second kappa shape index (κ2) is 7.16. The van der Waals surface area contributed by atoms with E-state index in [-0.39, 0.29) is 12.5 Å². The number of ether oxygens (including phenoxy) is 1. The molecule has 110 valence electrons. The molecule has 1 saturated heterocycles. The fourth-order valence-corrected chi connectivity index (χ4v) is 2.87. The van der Waals surface area contributed by atoms with E-state index < -0.39 is 0 Å². The van der Waals surface area contributed by atoms with Crippen molar-refractivity contribution in [3.8, 4) is 5.75 Å². The van der Waals surface area contributed by atoms with Gasteiger partial charge in [-0.15, -0.1) is 0 Å². The fourth-order valence-electron chi connectivity index (χ4n) is 2.36. The predicted octanol–water partition coefficient (Wildman–Crippen LogP) is 2.44. The molecule has 1 amide bonds. The van der Waals surface area contributed by atoms with Crippen molar-refractivity contribution < 1.29 is 9.53 Å². The normalized spacial score (nSPS) is 18.4. The van der Waals surface area contributed by atoms with Crippen LogP contribution in [0.25, 0.3) is 0 Å². The number of carbonyl (C=O) groups excluding carboxylic acids is 1. The molecule has 2 rings (SSSR count). The van der Waals surface area contributed by atoms with Gasteiger partial charge in [-0.3, -0.25) is 4.79 Å². The molecule has 0 unspecified atom stereocenters. The molecule has 0 bridgehead atoms. The Labute approximate surface area is 129 Å². The van der Waals surface area contributed by atoms with Gasteiger partial charge in [-0.1, -0.05) is 23.2 Å². The molecule has 6 heteroatoms. The predicted molar refractivity (Wildman–Crippen MR) is 80.6 cm³/mol. The summed E-state index contributed by atoms with van der Waals surface area (Å²) in [5.74, 6) is 1.05. The zero-order valence-electron chi connectivity index (χ0n) is 11.4. The minimum Gasteiger partial charge on any atom is -0.484 e. The van der Waals surface area contributed by atoms with Crippen LogP contribution in [0.2, 0.25) is 10.0 Å². The van der Waals surface area contributed by atoms with Gasteiger partial charge >= 0.3 is 0 Å². The summed E-state index contributed by atoms with van der Waals surface area (Å²) in [6, 6.07) is 4.92. The molecule has 0 saturated carbocycles. The molecule has 0 aromatic heterocycles. The van der Waals surface area contributed by atoms with E-state index in [1.165, 1.54) is 0 Å². The third-order valence-corrected chi connectivity index (χ3v) is 3.77. The van der Waals surface area contributed by atoms with E-state index in [9.17, 15) is 4.79 Å². The highest BCUT2D eigenvalue weighted by atomic mass is 35.5. The van der Waals surface area contributed by atoms with E-state index in [4.69, 9.17) is 27.9 Å². The third-order valence-electron chi connectivity index (χ3n) is 3.33. The van der Waals surface area contributed by atoms with Crippen molar-refractivity contribution in [2.75, 3.05) is 33.3 Å². The van der Waals surface area contributed by atoms with E-state index in [1.54, 1.807) is 18.2 Å². The molecule has 1 aromatic rings. The van der Waals surface area contributed by atoms with Gasteiger partial charge in [0.2, 0.25) is 0 Å². The first-order valence-electron chi connectivity index (χ1n) is 6.59. The molecule has 1 aliphatic heterocycles. The van der Waals surface area contributed by atoms with Gasteiger partial charge in [-0.25, -0.2) is 0 Å². The molecule has 0 spiro atoms. The topological polar surface area (TPSA) is 41.6 Å². The molecule has 0 radical (unpaired) electrons. The van der Waals surface area contributed by atoms with Crippen LogP contribution in [0.3, 0.4) is 0 Å². The number of rotatable bonds is 5. The van der Waals surface area contributed by atoms with Crippen molar-refractivity contribution in [1.29, 1.82) is 0 Å². The molecule has 1 aromatic carbocycles. The van der Waals surface area contributed by atoms with Crippen LogP contribution in [0, 0.1) is 5.92 Å². The summed E-state index contributed by atoms with van der Waals surface area (Å²) in [5.41, 5.74) is 0. The monoisotopic (exact) mass is 316 g/mol. The van der Waals surface area contributed by atoms with E-state index in [1.807, 2.05) is 11.9 Å². The van der Waals surface area contributed by atoms with E-state index >= 15 is 0 Å². The highest BCUT2D eigenvalue weighted by Crippen LogP contribution is 2.24. The van der Waals surface area contributed by atoms with Gasteiger partial charge in [0, 0.05) is 23.1 Å². The number of likely N-dealkylation sites (tertiary alicyclic amines) is 1. The van der Waals surface area contributed by atoms with Crippen LogP contribution in [-0.4, -0.2) is 44.1 Å². The Hall–Kier alpha value is -0.970. The Morgan fingerprint density at radius 1 is 1.40 bits per heavy atom. The zero-order chi connectivity index (χ0) is 14.5. The minimum absolute atomic E-state index is 0.000277. The molecule has 1 heterocycles. The zero-order valence-corrected chi connectivity index (χ0v) is 12.9. The minimum atomic E-state index is -0.000277. The van der Waals surface area contributed by atoms with Gasteiger partial charge in [0.15, 0.2) is 6.61 Å². The van der Waals surface area contributed by atoms with Crippen LogP contribution in [0.5, 0.6) is 5.75 Å². The first-order valence-corrected chi connectivity index (χ1v) is 7.35. The smallest absolute Gasteiger partial charge is 0.260 e. The Balaban J connectivity index is 1.83. The van der Waals surface area contributed by atoms with Crippen molar-refractivity contribution in [2.45, 2.75) is 6.42 Å². The largest absolute Gasteiger partial charge is 0.484 e. The number of halogens is 2. The van der Waals surface area contributed by atoms with Crippen molar-refractivity contribution in [3.05, 3.63) is 28.2 Å². The lowest BCUT2D eigenvalue weighted by atomic mass is 10.1. The quantitative estimate of drug-likeness (QED) is 0.907. The third kappa shape index (κ3) is 4.27. The average Bonchev–Trinajstić information content (AvgIpc) is 2.84. The average molecular weight is 317 g/mol. The lowest BCUT2D eigenvalue weighted by molar-refractivity contribution is -0.132. The number of nitrogens with zero attached hydrogens (tertiary/aromatic N) is 1. The van der Waals surface area contributed by atoms with Crippen molar-refractivity contribution in [2.24, 2.45) is 5.92 Å². The molecule has 0 aliphatic carbocycles. The molecule has 1 aliphatic rings. The molecule has 1 atom stereocenters. The maximum atomic E-state index is 12.1. The van der Waals surface area contributed by atoms with Gasteiger partial charge in [0.1, 0.15) is 5.75 Å². The van der Waals surface area contributed by atoms with Crippen molar-refractivity contribution in [1.82, 2.24) is 10.2 Å². The van der Waals surface area contributed by atoms with Gasteiger partial charge in [-0.05, 0) is 44.1 Å². The molecule has 1 fully saturated rings. The van der Waals surface area contributed by atoms with Gasteiger partial charge in [-0.2, -0.15) is 0 Å². The van der Waals surface area contributed by atoms with Crippen LogP contribution < -0.4 is 10.1 Å². The summed E-state index contributed by atoms with van der Waals surface area (Å²) in [4.78, 5) is 13.9. The Kier molecular flexibility index (Phi) is 5.52. The van der Waals surface area contributed by atoms with Gasteiger partial charge in [0.05, 0.1) is 0 Å². The first-order chi connectivity index (χ1) is 9.58. The highest BCUT2D eigenvalue weighted by molar-refractivity contribution is 6.34. The Morgan fingerprint density at radius 3 is 2.75 bits per heavy atom. The second-order valence-corrected chi connectivity index (χ2v) is 5.82. The number of nitrogens with one attached hydrogen (secondary N) is 1. The summed E-state index contributed by atoms with van der Waals surface area (Å²) in [7, 11) is 1.93. The lowest BCUT2D eigenvalue weighted by Crippen LogP contribution is -2.34. The number of amides is 1. The van der Waals surface area contributed by atoms with Crippen LogP contribution >= 0.6 is 23.2 Å².